The van der Waals surface area contributed by atoms with Gasteiger partial charge in [0.2, 0.25) is 0 Å². The van der Waals surface area contributed by atoms with Crippen LogP contribution in [0, 0.1) is 0 Å². The summed E-state index contributed by atoms with van der Waals surface area (Å²) in [5, 5.41) is 6.89. The average Bonchev–Trinajstić information content (AvgIpc) is 2.67. The standard InChI is InChI=1S/C20H35N5O/c1-5-17-6-8-18(9-7-17)19(24(3)4)16-23-20(21-2)22-10-11-25-12-14-26-15-13-25/h6-9,19H,5,10-16H2,1-4H3,(H2,21,22,23). The molecule has 0 radical (unpaired) electrons. The van der Waals surface area contributed by atoms with Crippen molar-refractivity contribution in [1.82, 2.24) is 20.4 Å². The fraction of sp³-hybridized carbons (Fsp3) is 0.650. The van der Waals surface area contributed by atoms with Crippen LogP contribution in [0.5, 0.6) is 0 Å². The van der Waals surface area contributed by atoms with Crippen molar-refractivity contribution in [2.45, 2.75) is 19.4 Å². The van der Waals surface area contributed by atoms with E-state index in [0.717, 1.165) is 58.3 Å². The lowest BCUT2D eigenvalue weighted by Gasteiger charge is -2.28. The molecule has 0 amide bonds. The Morgan fingerprint density at radius 3 is 2.46 bits per heavy atom. The van der Waals surface area contributed by atoms with Gasteiger partial charge < -0.3 is 20.3 Å². The highest BCUT2D eigenvalue weighted by Crippen LogP contribution is 2.18. The van der Waals surface area contributed by atoms with Crippen molar-refractivity contribution in [3.05, 3.63) is 35.4 Å². The highest BCUT2D eigenvalue weighted by molar-refractivity contribution is 5.79. The Morgan fingerprint density at radius 1 is 1.19 bits per heavy atom. The monoisotopic (exact) mass is 361 g/mol. The summed E-state index contributed by atoms with van der Waals surface area (Å²) < 4.78 is 5.39. The molecule has 1 heterocycles. The molecule has 146 valence electrons. The van der Waals surface area contributed by atoms with Gasteiger partial charge in [-0.2, -0.15) is 0 Å². The van der Waals surface area contributed by atoms with Crippen LogP contribution in [0.4, 0.5) is 0 Å². The van der Waals surface area contributed by atoms with Crippen molar-refractivity contribution in [3.8, 4) is 0 Å². The van der Waals surface area contributed by atoms with E-state index in [1.165, 1.54) is 11.1 Å². The van der Waals surface area contributed by atoms with Crippen LogP contribution >= 0.6 is 0 Å². The highest BCUT2D eigenvalue weighted by atomic mass is 16.5. The van der Waals surface area contributed by atoms with E-state index in [1.807, 2.05) is 7.05 Å². The average molecular weight is 362 g/mol. The smallest absolute Gasteiger partial charge is 0.191 e. The molecule has 2 N–H and O–H groups in total. The normalized spacial score (nSPS) is 17.3. The van der Waals surface area contributed by atoms with E-state index in [4.69, 9.17) is 4.74 Å². The van der Waals surface area contributed by atoms with Gasteiger partial charge in [0.25, 0.3) is 0 Å². The number of aliphatic imine (C=N–C) groups is 1. The third-order valence-corrected chi connectivity index (χ3v) is 4.91. The predicted molar refractivity (Wildman–Crippen MR) is 109 cm³/mol. The number of aryl methyl sites for hydroxylation is 1. The molecule has 1 aromatic carbocycles. The van der Waals surface area contributed by atoms with Crippen molar-refractivity contribution >= 4 is 5.96 Å². The van der Waals surface area contributed by atoms with Crippen LogP contribution in [0.25, 0.3) is 0 Å². The third-order valence-electron chi connectivity index (χ3n) is 4.91. The Hall–Kier alpha value is -1.63. The molecule has 0 aromatic heterocycles. The molecule has 1 aliphatic heterocycles. The van der Waals surface area contributed by atoms with Gasteiger partial charge in [-0.1, -0.05) is 31.2 Å². The van der Waals surface area contributed by atoms with E-state index in [2.05, 4.69) is 70.7 Å². The van der Waals surface area contributed by atoms with E-state index >= 15 is 0 Å². The van der Waals surface area contributed by atoms with Crippen molar-refractivity contribution in [2.75, 3.05) is 67.1 Å². The molecule has 1 aromatic rings. The van der Waals surface area contributed by atoms with E-state index in [0.29, 0.717) is 6.04 Å². The van der Waals surface area contributed by atoms with Gasteiger partial charge in [-0.25, -0.2) is 0 Å². The molecular weight excluding hydrogens is 326 g/mol. The number of nitrogens with zero attached hydrogens (tertiary/aromatic N) is 3. The van der Waals surface area contributed by atoms with Crippen LogP contribution < -0.4 is 10.6 Å². The molecular formula is C20H35N5O. The second kappa shape index (κ2) is 11.2. The van der Waals surface area contributed by atoms with E-state index in [-0.39, 0.29) is 0 Å². The van der Waals surface area contributed by atoms with Gasteiger partial charge in [-0.15, -0.1) is 0 Å². The number of hydrogen-bond donors (Lipinski definition) is 2. The number of likely N-dealkylation sites (N-methyl/N-ethyl adjacent to an activating group) is 1. The number of morpholine rings is 1. The van der Waals surface area contributed by atoms with Gasteiger partial charge in [0, 0.05) is 39.8 Å². The molecule has 1 unspecified atom stereocenters. The Kier molecular flexibility index (Phi) is 8.88. The van der Waals surface area contributed by atoms with Gasteiger partial charge in [0.05, 0.1) is 19.3 Å². The van der Waals surface area contributed by atoms with Crippen molar-refractivity contribution in [1.29, 1.82) is 0 Å². The zero-order chi connectivity index (χ0) is 18.8. The topological polar surface area (TPSA) is 52.1 Å². The summed E-state index contributed by atoms with van der Waals surface area (Å²) in [6.07, 6.45) is 1.07. The highest BCUT2D eigenvalue weighted by Gasteiger charge is 2.15. The molecule has 0 aliphatic carbocycles. The summed E-state index contributed by atoms with van der Waals surface area (Å²) in [6, 6.07) is 9.22. The quantitative estimate of drug-likeness (QED) is 0.541. The Bertz CT molecular complexity index is 538. The summed E-state index contributed by atoms with van der Waals surface area (Å²) in [4.78, 5) is 9.02. The molecule has 26 heavy (non-hydrogen) atoms. The second-order valence-electron chi connectivity index (χ2n) is 6.91. The molecule has 0 saturated carbocycles. The number of nitrogens with one attached hydrogen (secondary N) is 2. The molecule has 1 fully saturated rings. The van der Waals surface area contributed by atoms with Gasteiger partial charge in [-0.05, 0) is 31.6 Å². The van der Waals surface area contributed by atoms with E-state index in [9.17, 15) is 0 Å². The number of benzene rings is 1. The first-order valence-corrected chi connectivity index (χ1v) is 9.64. The predicted octanol–water partition coefficient (Wildman–Crippen LogP) is 1.35. The second-order valence-corrected chi connectivity index (χ2v) is 6.91. The molecule has 6 nitrogen and oxygen atoms in total. The maximum absolute atomic E-state index is 5.39. The van der Waals surface area contributed by atoms with Crippen LogP contribution in [0.15, 0.2) is 29.3 Å². The summed E-state index contributed by atoms with van der Waals surface area (Å²) >= 11 is 0. The summed E-state index contributed by atoms with van der Waals surface area (Å²) in [5.74, 6) is 0.857. The Morgan fingerprint density at radius 2 is 1.88 bits per heavy atom. The summed E-state index contributed by atoms with van der Waals surface area (Å²) in [7, 11) is 6.06. The van der Waals surface area contributed by atoms with Crippen LogP contribution in [-0.4, -0.2) is 82.8 Å². The number of rotatable bonds is 8. The molecule has 1 atom stereocenters. The lowest BCUT2D eigenvalue weighted by Crippen LogP contribution is -2.46. The lowest BCUT2D eigenvalue weighted by atomic mass is 10.0. The minimum atomic E-state index is 0.304. The van der Waals surface area contributed by atoms with E-state index in [1.54, 1.807) is 0 Å². The molecule has 0 bridgehead atoms. The minimum absolute atomic E-state index is 0.304. The van der Waals surface area contributed by atoms with Crippen LogP contribution in [0.2, 0.25) is 0 Å². The first-order chi connectivity index (χ1) is 12.6. The summed E-state index contributed by atoms with van der Waals surface area (Å²) in [6.45, 7) is 8.62. The fourth-order valence-corrected chi connectivity index (χ4v) is 3.15. The van der Waals surface area contributed by atoms with Gasteiger partial charge >= 0.3 is 0 Å². The maximum atomic E-state index is 5.39. The number of hydrogen-bond acceptors (Lipinski definition) is 4. The third kappa shape index (κ3) is 6.59. The Labute approximate surface area is 158 Å². The summed E-state index contributed by atoms with van der Waals surface area (Å²) in [5.41, 5.74) is 2.70. The first kappa shape index (κ1) is 20.7. The number of guanidine groups is 1. The van der Waals surface area contributed by atoms with Crippen molar-refractivity contribution in [2.24, 2.45) is 4.99 Å². The molecule has 6 heteroatoms. The van der Waals surface area contributed by atoms with Crippen LogP contribution in [0.3, 0.4) is 0 Å². The van der Waals surface area contributed by atoms with Gasteiger partial charge in [0.15, 0.2) is 5.96 Å². The van der Waals surface area contributed by atoms with Crippen molar-refractivity contribution < 1.29 is 4.74 Å². The largest absolute Gasteiger partial charge is 0.379 e. The zero-order valence-corrected chi connectivity index (χ0v) is 16.8. The first-order valence-electron chi connectivity index (χ1n) is 9.64. The van der Waals surface area contributed by atoms with Gasteiger partial charge in [0.1, 0.15) is 0 Å². The molecule has 1 saturated heterocycles. The zero-order valence-electron chi connectivity index (χ0n) is 16.8. The molecule has 0 spiro atoms. The van der Waals surface area contributed by atoms with E-state index < -0.39 is 0 Å². The molecule has 1 aliphatic rings. The molecule has 2 rings (SSSR count). The SMILES string of the molecule is CCc1ccc(C(CNC(=NC)NCCN2CCOCC2)N(C)C)cc1. The minimum Gasteiger partial charge on any atom is -0.379 e. The lowest BCUT2D eigenvalue weighted by molar-refractivity contribution is 0.0389. The van der Waals surface area contributed by atoms with Gasteiger partial charge in [-0.3, -0.25) is 9.89 Å². The maximum Gasteiger partial charge on any atom is 0.191 e. The Balaban J connectivity index is 1.81. The van der Waals surface area contributed by atoms with Crippen LogP contribution in [-0.2, 0) is 11.2 Å². The number of ether oxygens (including phenoxy) is 1. The fourth-order valence-electron chi connectivity index (χ4n) is 3.15. The van der Waals surface area contributed by atoms with Crippen molar-refractivity contribution in [3.63, 3.8) is 0 Å². The van der Waals surface area contributed by atoms with Crippen LogP contribution in [0.1, 0.15) is 24.1 Å².